The maximum atomic E-state index is 14.5. The number of nitrogens with zero attached hydrogens (tertiary/aromatic N) is 2. The van der Waals surface area contributed by atoms with Crippen molar-refractivity contribution in [3.05, 3.63) is 78.3 Å². The fourth-order valence-corrected chi connectivity index (χ4v) is 3.73. The number of rotatable bonds is 7. The first kappa shape index (κ1) is 24.5. The standard InChI is InChI=1S/C25H24F4N4O2/c1-15-8-19(13-30-15)24(34)31-23-12-22(33(32-23)21-6-4-3-5-7-21)18-9-17(10-20(26)11-18)14-35-16(2)25(27,28)29/h3-7,9-12,16,19,30H,1,8,13-14H2,2H3,(H,31,32,34)/t16-,19+/m1/s1. The molecule has 0 aliphatic carbocycles. The van der Waals surface area contributed by atoms with E-state index in [1.54, 1.807) is 41.1 Å². The van der Waals surface area contributed by atoms with E-state index in [4.69, 9.17) is 4.74 Å². The first-order chi connectivity index (χ1) is 16.6. The third-order valence-electron chi connectivity index (χ3n) is 5.64. The van der Waals surface area contributed by atoms with E-state index in [-0.39, 0.29) is 23.2 Å². The highest BCUT2D eigenvalue weighted by Crippen LogP contribution is 2.29. The predicted octanol–water partition coefficient (Wildman–Crippen LogP) is 5.21. The highest BCUT2D eigenvalue weighted by Gasteiger charge is 2.36. The van der Waals surface area contributed by atoms with Gasteiger partial charge in [0.15, 0.2) is 11.9 Å². The van der Waals surface area contributed by atoms with Crippen LogP contribution in [-0.4, -0.2) is 34.5 Å². The summed E-state index contributed by atoms with van der Waals surface area (Å²) in [5.74, 6) is -0.891. The van der Waals surface area contributed by atoms with Crippen molar-refractivity contribution in [1.29, 1.82) is 0 Å². The lowest BCUT2D eigenvalue weighted by molar-refractivity contribution is -0.217. The first-order valence-corrected chi connectivity index (χ1v) is 11.0. The van der Waals surface area contributed by atoms with Crippen molar-refractivity contribution in [2.75, 3.05) is 11.9 Å². The number of amides is 1. The molecule has 1 amide bonds. The second kappa shape index (κ2) is 9.91. The van der Waals surface area contributed by atoms with Gasteiger partial charge in [0.1, 0.15) is 5.82 Å². The van der Waals surface area contributed by atoms with Crippen LogP contribution >= 0.6 is 0 Å². The maximum absolute atomic E-state index is 14.5. The molecule has 184 valence electrons. The number of benzene rings is 2. The summed E-state index contributed by atoms with van der Waals surface area (Å²) in [6.07, 6.45) is -6.00. The Balaban J connectivity index is 1.65. The fourth-order valence-electron chi connectivity index (χ4n) is 3.73. The molecule has 2 N–H and O–H groups in total. The Hall–Kier alpha value is -3.66. The summed E-state index contributed by atoms with van der Waals surface area (Å²) >= 11 is 0. The SMILES string of the molecule is C=C1C[C@H](C(=O)Nc2cc(-c3cc(F)cc(CO[C@H](C)C(F)(F)F)c3)n(-c3ccccc3)n2)CN1. The molecule has 1 saturated heterocycles. The number of anilines is 1. The number of alkyl halides is 3. The lowest BCUT2D eigenvalue weighted by atomic mass is 10.1. The average molecular weight is 488 g/mol. The second-order valence-electron chi connectivity index (χ2n) is 8.38. The summed E-state index contributed by atoms with van der Waals surface area (Å²) in [5.41, 5.74) is 2.50. The quantitative estimate of drug-likeness (QED) is 0.448. The molecule has 2 atom stereocenters. The summed E-state index contributed by atoms with van der Waals surface area (Å²) in [7, 11) is 0. The van der Waals surface area contributed by atoms with Gasteiger partial charge in [0.05, 0.1) is 23.9 Å². The summed E-state index contributed by atoms with van der Waals surface area (Å²) < 4.78 is 59.3. The minimum absolute atomic E-state index is 0.227. The van der Waals surface area contributed by atoms with Crippen molar-refractivity contribution in [3.8, 4) is 16.9 Å². The van der Waals surface area contributed by atoms with Gasteiger partial charge >= 0.3 is 6.18 Å². The van der Waals surface area contributed by atoms with Gasteiger partial charge in [0, 0.05) is 23.9 Å². The van der Waals surface area contributed by atoms with Crippen molar-refractivity contribution in [2.24, 2.45) is 5.92 Å². The van der Waals surface area contributed by atoms with E-state index in [2.05, 4.69) is 22.3 Å². The molecule has 0 bridgehead atoms. The molecule has 4 rings (SSSR count). The molecule has 2 aromatic carbocycles. The Bertz CT molecular complexity index is 1220. The van der Waals surface area contributed by atoms with Crippen LogP contribution in [0.25, 0.3) is 16.9 Å². The van der Waals surface area contributed by atoms with E-state index >= 15 is 0 Å². The number of nitrogens with one attached hydrogen (secondary N) is 2. The molecular weight excluding hydrogens is 464 g/mol. The molecule has 0 saturated carbocycles. The van der Waals surface area contributed by atoms with E-state index in [1.165, 1.54) is 6.07 Å². The number of hydrogen-bond acceptors (Lipinski definition) is 4. The van der Waals surface area contributed by atoms with Crippen LogP contribution in [0.2, 0.25) is 0 Å². The number of allylic oxidation sites excluding steroid dienone is 1. The molecule has 1 aliphatic rings. The Morgan fingerprint density at radius 3 is 2.66 bits per heavy atom. The van der Waals surface area contributed by atoms with Crippen LogP contribution in [-0.2, 0) is 16.1 Å². The summed E-state index contributed by atoms with van der Waals surface area (Å²) in [4.78, 5) is 12.7. The first-order valence-electron chi connectivity index (χ1n) is 11.0. The van der Waals surface area contributed by atoms with Gasteiger partial charge in [-0.25, -0.2) is 9.07 Å². The zero-order chi connectivity index (χ0) is 25.2. The molecule has 3 aromatic rings. The third kappa shape index (κ3) is 5.89. The molecule has 1 fully saturated rings. The van der Waals surface area contributed by atoms with Gasteiger partial charge in [-0.2, -0.15) is 13.2 Å². The summed E-state index contributed by atoms with van der Waals surface area (Å²) in [6, 6.07) is 14.5. The Kier molecular flexibility index (Phi) is 6.93. The highest BCUT2D eigenvalue weighted by atomic mass is 19.4. The fraction of sp³-hybridized carbons (Fsp3) is 0.280. The van der Waals surface area contributed by atoms with Crippen LogP contribution < -0.4 is 10.6 Å². The van der Waals surface area contributed by atoms with Crippen LogP contribution in [0.1, 0.15) is 18.9 Å². The maximum Gasteiger partial charge on any atom is 0.414 e. The molecule has 6 nitrogen and oxygen atoms in total. The number of halogens is 4. The zero-order valence-corrected chi connectivity index (χ0v) is 18.9. The molecule has 2 heterocycles. The van der Waals surface area contributed by atoms with Crippen molar-refractivity contribution in [2.45, 2.75) is 32.2 Å². The van der Waals surface area contributed by atoms with Gasteiger partial charge in [0.2, 0.25) is 5.91 Å². The van der Waals surface area contributed by atoms with Gasteiger partial charge in [-0.3, -0.25) is 4.79 Å². The van der Waals surface area contributed by atoms with Crippen LogP contribution in [0.5, 0.6) is 0 Å². The molecule has 0 radical (unpaired) electrons. The molecule has 35 heavy (non-hydrogen) atoms. The van der Waals surface area contributed by atoms with Gasteiger partial charge < -0.3 is 15.4 Å². The minimum atomic E-state index is -4.52. The molecule has 1 aliphatic heterocycles. The third-order valence-corrected chi connectivity index (χ3v) is 5.64. The monoisotopic (exact) mass is 488 g/mol. The highest BCUT2D eigenvalue weighted by molar-refractivity contribution is 5.93. The largest absolute Gasteiger partial charge is 0.414 e. The number of carbonyl (C=O) groups excluding carboxylic acids is 1. The van der Waals surface area contributed by atoms with Gasteiger partial charge in [-0.15, -0.1) is 5.10 Å². The van der Waals surface area contributed by atoms with Crippen LogP contribution in [0.4, 0.5) is 23.4 Å². The Labute approximate surface area is 199 Å². The number of ether oxygens (including phenoxy) is 1. The predicted molar refractivity (Wildman–Crippen MR) is 123 cm³/mol. The summed E-state index contributed by atoms with van der Waals surface area (Å²) in [6.45, 7) is 4.78. The Morgan fingerprint density at radius 2 is 2.00 bits per heavy atom. The lowest BCUT2D eigenvalue weighted by Crippen LogP contribution is -2.28. The van der Waals surface area contributed by atoms with E-state index in [0.29, 0.717) is 29.9 Å². The minimum Gasteiger partial charge on any atom is -0.388 e. The number of hydrogen-bond donors (Lipinski definition) is 2. The smallest absolute Gasteiger partial charge is 0.388 e. The number of aromatic nitrogens is 2. The second-order valence-corrected chi connectivity index (χ2v) is 8.38. The molecule has 1 aromatic heterocycles. The normalized spacial score (nSPS) is 16.7. The zero-order valence-electron chi connectivity index (χ0n) is 18.9. The van der Waals surface area contributed by atoms with E-state index < -0.39 is 24.7 Å². The van der Waals surface area contributed by atoms with E-state index in [9.17, 15) is 22.4 Å². The molecule has 10 heteroatoms. The molecule has 0 unspecified atom stereocenters. The summed E-state index contributed by atoms with van der Waals surface area (Å²) in [5, 5.41) is 10.3. The van der Waals surface area contributed by atoms with Gasteiger partial charge in [0.25, 0.3) is 0 Å². The topological polar surface area (TPSA) is 68.2 Å². The van der Waals surface area contributed by atoms with Gasteiger partial charge in [-0.1, -0.05) is 24.8 Å². The number of carbonyl (C=O) groups is 1. The number of para-hydroxylation sites is 1. The van der Waals surface area contributed by atoms with Crippen molar-refractivity contribution < 1.29 is 27.1 Å². The van der Waals surface area contributed by atoms with Crippen LogP contribution in [0.3, 0.4) is 0 Å². The van der Waals surface area contributed by atoms with Gasteiger partial charge in [-0.05, 0) is 49.2 Å². The van der Waals surface area contributed by atoms with Crippen molar-refractivity contribution in [3.63, 3.8) is 0 Å². The average Bonchev–Trinajstić information content (AvgIpc) is 3.43. The van der Waals surface area contributed by atoms with Crippen LogP contribution in [0, 0.1) is 11.7 Å². The molecular formula is C25H24F4N4O2. The van der Waals surface area contributed by atoms with Crippen molar-refractivity contribution >= 4 is 11.7 Å². The van der Waals surface area contributed by atoms with Crippen LogP contribution in [0.15, 0.2) is 66.9 Å². The van der Waals surface area contributed by atoms with Crippen molar-refractivity contribution in [1.82, 2.24) is 15.1 Å². The lowest BCUT2D eigenvalue weighted by Gasteiger charge is -2.16. The Morgan fingerprint density at radius 1 is 1.26 bits per heavy atom. The molecule has 0 spiro atoms. The van der Waals surface area contributed by atoms with E-state index in [0.717, 1.165) is 18.7 Å². The van der Waals surface area contributed by atoms with E-state index in [1.807, 2.05) is 6.07 Å².